The second-order valence-corrected chi connectivity index (χ2v) is 11.1. The molecule has 4 N–H and O–H groups in total. The van der Waals surface area contributed by atoms with Crippen LogP contribution in [0.3, 0.4) is 0 Å². The monoisotopic (exact) mass is 562 g/mol. The van der Waals surface area contributed by atoms with Crippen molar-refractivity contribution in [1.82, 2.24) is 0 Å². The van der Waals surface area contributed by atoms with Crippen LogP contribution in [0.15, 0.2) is 64.9 Å². The standard InChI is InChI=1S/C23H24N2O8S2.Na.H2O.H/c26-34(27,28)15-5-8-17-7-3-11-20-23(17)25(14-6-16-35(29,30)31)22(33-20)13-4-12-21-24-18-9-1-2-10-19(18)32-21;;;/h1-4,7,9-13H,5-6,8,14-16H2,(H2,26,27,28,29,30,31);;1H2;. The van der Waals surface area contributed by atoms with Gasteiger partial charge < -0.3 is 19.9 Å². The Kier molecular flexibility index (Phi) is 10.9. The van der Waals surface area contributed by atoms with E-state index in [0.29, 0.717) is 35.0 Å². The summed E-state index contributed by atoms with van der Waals surface area (Å²) in [5.41, 5.74) is 2.87. The van der Waals surface area contributed by atoms with Crippen LogP contribution in [0.4, 0.5) is 5.69 Å². The molecule has 0 unspecified atom stereocenters. The normalized spacial score (nSPS) is 14.2. The van der Waals surface area contributed by atoms with Crippen molar-refractivity contribution in [1.29, 1.82) is 0 Å². The van der Waals surface area contributed by atoms with Gasteiger partial charge in [0, 0.05) is 12.0 Å². The van der Waals surface area contributed by atoms with Crippen molar-refractivity contribution in [3.63, 3.8) is 0 Å². The Bertz CT molecular complexity index is 1490. The van der Waals surface area contributed by atoms with Gasteiger partial charge in [-0.25, -0.2) is 0 Å². The zero-order chi connectivity index (χ0) is 25.1. The van der Waals surface area contributed by atoms with Crippen molar-refractivity contribution in [3.8, 4) is 5.75 Å². The predicted molar refractivity (Wildman–Crippen MR) is 139 cm³/mol. The van der Waals surface area contributed by atoms with E-state index in [4.69, 9.17) is 18.3 Å². The molecule has 37 heavy (non-hydrogen) atoms. The summed E-state index contributed by atoms with van der Waals surface area (Å²) >= 11 is 0. The molecular weight excluding hydrogens is 535 g/mol. The minimum atomic E-state index is -4.13. The van der Waals surface area contributed by atoms with Crippen molar-refractivity contribution in [2.45, 2.75) is 25.8 Å². The third-order valence-corrected chi connectivity index (χ3v) is 6.93. The van der Waals surface area contributed by atoms with Gasteiger partial charge in [0.05, 0.1) is 23.3 Å². The van der Waals surface area contributed by atoms with Crippen LogP contribution in [0, 0.1) is 0 Å². The van der Waals surface area contributed by atoms with Crippen molar-refractivity contribution in [2.75, 3.05) is 16.8 Å². The number of hydrogen-bond donors (Lipinski definition) is 3. The molecule has 0 aliphatic carbocycles. The minimum Gasteiger partial charge on any atom is -0.870 e. The largest absolute Gasteiger partial charge is 0.870 e. The molecule has 2 aromatic carbocycles. The number of nitrogens with zero attached hydrogens (tertiary/aromatic N) is 1. The number of fused-ring (bicyclic) bond motifs is 2. The number of anilines is 1. The van der Waals surface area contributed by atoms with E-state index in [1.165, 1.54) is 0 Å². The Hall–Kier alpha value is -2.23. The molecule has 0 radical (unpaired) electrons. The van der Waals surface area contributed by atoms with Gasteiger partial charge in [0.2, 0.25) is 5.58 Å². The fraction of sp³-hybridized carbons (Fsp3) is 0.261. The number of nitrogens with one attached hydrogen (secondary N) is 1. The first-order valence-electron chi connectivity index (χ1n) is 10.9. The van der Waals surface area contributed by atoms with Gasteiger partial charge in [-0.3, -0.25) is 9.11 Å². The van der Waals surface area contributed by atoms with Gasteiger partial charge in [0.25, 0.3) is 25.8 Å². The van der Waals surface area contributed by atoms with Crippen molar-refractivity contribution in [3.05, 3.63) is 72.0 Å². The van der Waals surface area contributed by atoms with E-state index in [1.54, 1.807) is 34.9 Å². The molecule has 0 fully saturated rings. The molecule has 3 aromatic rings. The van der Waals surface area contributed by atoms with E-state index in [-0.39, 0.29) is 60.2 Å². The van der Waals surface area contributed by atoms with Gasteiger partial charge in [-0.2, -0.15) is 21.4 Å². The van der Waals surface area contributed by atoms with E-state index in [9.17, 15) is 16.8 Å². The number of benzene rings is 2. The van der Waals surface area contributed by atoms with Crippen LogP contribution in [0.1, 0.15) is 24.3 Å². The van der Waals surface area contributed by atoms with Gasteiger partial charge in [-0.15, -0.1) is 0 Å². The van der Waals surface area contributed by atoms with E-state index in [0.717, 1.165) is 11.3 Å². The topological polar surface area (TPSA) is 177 Å². The zero-order valence-corrected chi connectivity index (χ0v) is 20.7. The Morgan fingerprint density at radius 1 is 0.946 bits per heavy atom. The molecule has 0 amide bonds. The molecule has 0 atom stereocenters. The fourth-order valence-corrected chi connectivity index (χ4v) is 4.86. The number of allylic oxidation sites excluding steroid dienone is 2. The van der Waals surface area contributed by atoms with Crippen molar-refractivity contribution >= 4 is 72.7 Å². The molecule has 14 heteroatoms. The molecule has 196 valence electrons. The van der Waals surface area contributed by atoms with Crippen LogP contribution < -0.4 is 14.6 Å². The summed E-state index contributed by atoms with van der Waals surface area (Å²) in [6, 6.07) is 12.9. The third-order valence-electron chi connectivity index (χ3n) is 5.32. The average Bonchev–Trinajstić information content (AvgIpc) is 3.33. The van der Waals surface area contributed by atoms with E-state index in [2.05, 4.69) is 5.32 Å². The molecule has 0 saturated heterocycles. The van der Waals surface area contributed by atoms with E-state index < -0.39 is 26.0 Å². The Labute approximate surface area is 236 Å². The molecule has 2 heterocycles. The first kappa shape index (κ1) is 31.0. The summed E-state index contributed by atoms with van der Waals surface area (Å²) in [6.07, 6.45) is 5.86. The first-order chi connectivity index (χ1) is 16.6. The number of aryl methyl sites for hydroxylation is 2. The Morgan fingerprint density at radius 2 is 1.65 bits per heavy atom. The van der Waals surface area contributed by atoms with Gasteiger partial charge in [-0.1, -0.05) is 24.3 Å². The van der Waals surface area contributed by atoms with Crippen LogP contribution in [0.25, 0.3) is 17.2 Å². The number of rotatable bonds is 10. The van der Waals surface area contributed by atoms with Crippen LogP contribution in [0.2, 0.25) is 0 Å². The second-order valence-electron chi connectivity index (χ2n) is 8.00. The maximum Gasteiger partial charge on any atom is -0.870 e. The fourth-order valence-electron chi connectivity index (χ4n) is 3.86. The van der Waals surface area contributed by atoms with Crippen molar-refractivity contribution in [2.24, 2.45) is 0 Å². The minimum absolute atomic E-state index is 0. The summed E-state index contributed by atoms with van der Waals surface area (Å²) in [7, 11) is -8.21. The molecule has 0 saturated carbocycles. The van der Waals surface area contributed by atoms with Gasteiger partial charge >= 0.3 is 35.4 Å². The molecule has 0 bridgehead atoms. The van der Waals surface area contributed by atoms with Crippen LogP contribution in [-0.4, -0.2) is 72.5 Å². The molecule has 1 aliphatic heterocycles. The Morgan fingerprint density at radius 3 is 2.35 bits per heavy atom. The van der Waals surface area contributed by atoms with Gasteiger partial charge in [0.1, 0.15) is 0 Å². The van der Waals surface area contributed by atoms with E-state index in [1.807, 2.05) is 30.3 Å². The number of para-hydroxylation sites is 3. The summed E-state index contributed by atoms with van der Waals surface area (Å²) in [5, 5.41) is 3.14. The predicted octanol–water partition coefficient (Wildman–Crippen LogP) is 2.35. The number of aromatic nitrogens is 1. The summed E-state index contributed by atoms with van der Waals surface area (Å²) in [4.78, 5) is 0. The van der Waals surface area contributed by atoms with E-state index >= 15 is 0 Å². The summed E-state index contributed by atoms with van der Waals surface area (Å²) in [6.45, 7) is 0.235. The molecular formula is C23H27N2NaO9S2. The number of oxazole rings is 1. The van der Waals surface area contributed by atoms with Crippen LogP contribution in [-0.2, 0) is 33.2 Å². The van der Waals surface area contributed by atoms with Gasteiger partial charge in [-0.05, 0) is 43.2 Å². The van der Waals surface area contributed by atoms with Gasteiger partial charge in [0.15, 0.2) is 18.2 Å². The number of hydrogen-bond acceptors (Lipinski definition) is 8. The second kappa shape index (κ2) is 13.0. The Balaban J connectivity index is 0.00000241. The van der Waals surface area contributed by atoms with Crippen LogP contribution in [0.5, 0.6) is 5.75 Å². The first-order valence-corrected chi connectivity index (χ1v) is 14.1. The molecule has 11 nitrogen and oxygen atoms in total. The van der Waals surface area contributed by atoms with Crippen molar-refractivity contribution < 1.29 is 45.1 Å². The SMILES string of the molecule is O=S(=O)(O)CCCc1cccc2oc(C=CC=C3Nc4ccccc4O3)[n+](CCCS(=O)(=O)O)c12.[NaH].[OH-]. The summed E-state index contributed by atoms with van der Waals surface area (Å²) in [5.74, 6) is 0.888. The molecule has 1 aromatic heterocycles. The average molecular weight is 563 g/mol. The molecule has 0 spiro atoms. The molecule has 4 rings (SSSR count). The smallest absolute Gasteiger partial charge is 0.870 e. The third kappa shape index (κ3) is 8.65. The maximum atomic E-state index is 11.2. The number of ether oxygens (including phenoxy) is 1. The quantitative estimate of drug-likeness (QED) is 0.189. The zero-order valence-electron chi connectivity index (χ0n) is 19.1. The maximum absolute atomic E-state index is 11.2. The molecule has 1 aliphatic rings. The summed E-state index contributed by atoms with van der Waals surface area (Å²) < 4.78 is 76.4. The van der Waals surface area contributed by atoms with Crippen LogP contribution >= 0.6 is 0 Å².